The van der Waals surface area contributed by atoms with Crippen molar-refractivity contribution in [3.8, 4) is 0 Å². The van der Waals surface area contributed by atoms with E-state index in [1.807, 2.05) is 0 Å². The Morgan fingerprint density at radius 1 is 1.32 bits per heavy atom. The molecule has 0 aliphatic carbocycles. The normalized spacial score (nSPS) is 21.3. The number of halogens is 1. The van der Waals surface area contributed by atoms with Crippen LogP contribution in [-0.4, -0.2) is 34.3 Å². The molecule has 0 saturated carbocycles. The van der Waals surface area contributed by atoms with Gasteiger partial charge in [-0.05, 0) is 27.7 Å². The van der Waals surface area contributed by atoms with Gasteiger partial charge in [0.05, 0.1) is 17.4 Å². The summed E-state index contributed by atoms with van der Waals surface area (Å²) in [6, 6.07) is 0. The van der Waals surface area contributed by atoms with Crippen LogP contribution in [0.15, 0.2) is 6.20 Å². The van der Waals surface area contributed by atoms with E-state index in [2.05, 4.69) is 48.0 Å². The predicted molar refractivity (Wildman–Crippen MR) is 76.3 cm³/mol. The second-order valence-corrected chi connectivity index (χ2v) is 6.39. The number of nitrogens with zero attached hydrogens (tertiary/aromatic N) is 3. The molecule has 2 heterocycles. The molecular formula is C12H20ClN5O. The topological polar surface area (TPSA) is 76.3 Å². The third-order valence-electron chi connectivity index (χ3n) is 2.85. The fourth-order valence-corrected chi connectivity index (χ4v) is 2.80. The van der Waals surface area contributed by atoms with Crippen LogP contribution in [0.5, 0.6) is 0 Å². The Bertz CT molecular complexity index is 461. The molecule has 0 amide bonds. The molecule has 1 aliphatic rings. The number of hydrogen-bond acceptors (Lipinski definition) is 6. The summed E-state index contributed by atoms with van der Waals surface area (Å²) in [4.78, 5) is 10.4. The van der Waals surface area contributed by atoms with E-state index in [-0.39, 0.29) is 11.2 Å². The fourth-order valence-electron chi connectivity index (χ4n) is 2.59. The summed E-state index contributed by atoms with van der Waals surface area (Å²) < 4.78 is 6.04. The van der Waals surface area contributed by atoms with E-state index in [9.17, 15) is 0 Å². The number of anilines is 2. The van der Waals surface area contributed by atoms with Crippen molar-refractivity contribution in [3.05, 3.63) is 11.2 Å². The Hall–Kier alpha value is -1.11. The number of hydrazine groups is 1. The van der Waals surface area contributed by atoms with Gasteiger partial charge in [0.2, 0.25) is 5.95 Å². The summed E-state index contributed by atoms with van der Waals surface area (Å²) in [6.07, 6.45) is 1.55. The van der Waals surface area contributed by atoms with Crippen molar-refractivity contribution in [2.24, 2.45) is 5.84 Å². The Labute approximate surface area is 118 Å². The molecule has 0 spiro atoms. The van der Waals surface area contributed by atoms with Crippen LogP contribution in [0.25, 0.3) is 0 Å². The molecule has 0 aromatic carbocycles. The Morgan fingerprint density at radius 2 is 1.89 bits per heavy atom. The zero-order chi connectivity index (χ0) is 14.3. The van der Waals surface area contributed by atoms with Crippen LogP contribution in [0.4, 0.5) is 11.8 Å². The molecule has 2 rings (SSSR count). The van der Waals surface area contributed by atoms with Gasteiger partial charge in [0, 0.05) is 13.1 Å². The quantitative estimate of drug-likeness (QED) is 0.637. The number of ether oxygens (including phenoxy) is 1. The first-order chi connectivity index (χ1) is 8.72. The maximum absolute atomic E-state index is 6.20. The van der Waals surface area contributed by atoms with E-state index in [1.165, 1.54) is 0 Å². The Kier molecular flexibility index (Phi) is 3.59. The lowest BCUT2D eigenvalue weighted by Crippen LogP contribution is -2.57. The predicted octanol–water partition coefficient (Wildman–Crippen LogP) is 1.81. The first-order valence-corrected chi connectivity index (χ1v) is 6.54. The molecule has 7 heteroatoms. The van der Waals surface area contributed by atoms with Crippen LogP contribution in [0.3, 0.4) is 0 Å². The highest BCUT2D eigenvalue weighted by atomic mass is 35.5. The van der Waals surface area contributed by atoms with Gasteiger partial charge in [-0.3, -0.25) is 5.43 Å². The van der Waals surface area contributed by atoms with Gasteiger partial charge in [-0.25, -0.2) is 10.8 Å². The van der Waals surface area contributed by atoms with Gasteiger partial charge in [0.1, 0.15) is 5.02 Å². The summed E-state index contributed by atoms with van der Waals surface area (Å²) >= 11 is 6.20. The van der Waals surface area contributed by atoms with Gasteiger partial charge in [-0.15, -0.1) is 0 Å². The number of aromatic nitrogens is 2. The number of hydrogen-bond donors (Lipinski definition) is 2. The minimum atomic E-state index is -0.271. The van der Waals surface area contributed by atoms with E-state index in [1.54, 1.807) is 6.20 Å². The molecule has 0 unspecified atom stereocenters. The lowest BCUT2D eigenvalue weighted by atomic mass is 9.99. The van der Waals surface area contributed by atoms with Gasteiger partial charge in [0.15, 0.2) is 5.82 Å². The summed E-state index contributed by atoms with van der Waals surface area (Å²) in [5.74, 6) is 6.37. The zero-order valence-electron chi connectivity index (χ0n) is 11.7. The monoisotopic (exact) mass is 285 g/mol. The third kappa shape index (κ3) is 3.26. The van der Waals surface area contributed by atoms with Crippen molar-refractivity contribution < 1.29 is 4.74 Å². The molecule has 106 valence electrons. The third-order valence-corrected chi connectivity index (χ3v) is 3.12. The standard InChI is InChI=1S/C12H20ClN5O/c1-11(2)6-18(7-12(3,4)19-11)9-8(13)5-15-10(16-9)17-14/h5H,6-7,14H2,1-4H3,(H,15,16,17). The molecular weight excluding hydrogens is 266 g/mol. The summed E-state index contributed by atoms with van der Waals surface area (Å²) in [6.45, 7) is 9.63. The van der Waals surface area contributed by atoms with E-state index >= 15 is 0 Å². The summed E-state index contributed by atoms with van der Waals surface area (Å²) in [7, 11) is 0. The van der Waals surface area contributed by atoms with Crippen molar-refractivity contribution >= 4 is 23.4 Å². The highest BCUT2D eigenvalue weighted by Gasteiger charge is 2.39. The second kappa shape index (κ2) is 4.77. The summed E-state index contributed by atoms with van der Waals surface area (Å²) in [5.41, 5.74) is 1.89. The average Bonchev–Trinajstić information content (AvgIpc) is 2.25. The molecule has 0 radical (unpaired) electrons. The largest absolute Gasteiger partial charge is 0.366 e. The maximum atomic E-state index is 6.20. The van der Waals surface area contributed by atoms with Crippen molar-refractivity contribution in [1.29, 1.82) is 0 Å². The lowest BCUT2D eigenvalue weighted by Gasteiger charge is -2.47. The molecule has 0 bridgehead atoms. The molecule has 1 saturated heterocycles. The second-order valence-electron chi connectivity index (χ2n) is 5.99. The van der Waals surface area contributed by atoms with Crippen LogP contribution in [0.1, 0.15) is 27.7 Å². The molecule has 1 fully saturated rings. The van der Waals surface area contributed by atoms with E-state index in [0.717, 1.165) is 0 Å². The van der Waals surface area contributed by atoms with Crippen LogP contribution in [0, 0.1) is 0 Å². The maximum Gasteiger partial charge on any atom is 0.239 e. The minimum absolute atomic E-state index is 0.271. The van der Waals surface area contributed by atoms with Crippen LogP contribution < -0.4 is 16.2 Å². The van der Waals surface area contributed by atoms with Gasteiger partial charge >= 0.3 is 0 Å². The zero-order valence-corrected chi connectivity index (χ0v) is 12.5. The van der Waals surface area contributed by atoms with Gasteiger partial charge in [-0.1, -0.05) is 11.6 Å². The number of morpholine rings is 1. The molecule has 1 aliphatic heterocycles. The molecule has 0 atom stereocenters. The van der Waals surface area contributed by atoms with Crippen molar-refractivity contribution in [3.63, 3.8) is 0 Å². The minimum Gasteiger partial charge on any atom is -0.366 e. The van der Waals surface area contributed by atoms with E-state index in [4.69, 9.17) is 22.2 Å². The lowest BCUT2D eigenvalue weighted by molar-refractivity contribution is -0.133. The molecule has 1 aromatic heterocycles. The molecule has 3 N–H and O–H groups in total. The summed E-state index contributed by atoms with van der Waals surface area (Å²) in [5, 5.41) is 0.507. The van der Waals surface area contributed by atoms with Crippen molar-refractivity contribution in [1.82, 2.24) is 9.97 Å². The average molecular weight is 286 g/mol. The number of nitrogen functional groups attached to an aromatic ring is 1. The molecule has 1 aromatic rings. The fraction of sp³-hybridized carbons (Fsp3) is 0.667. The smallest absolute Gasteiger partial charge is 0.239 e. The number of nitrogens with two attached hydrogens (primary N) is 1. The van der Waals surface area contributed by atoms with E-state index in [0.29, 0.717) is 29.9 Å². The SMILES string of the molecule is CC1(C)CN(c2nc(NN)ncc2Cl)CC(C)(C)O1. The highest BCUT2D eigenvalue weighted by molar-refractivity contribution is 6.32. The van der Waals surface area contributed by atoms with Gasteiger partial charge in [0.25, 0.3) is 0 Å². The molecule has 6 nitrogen and oxygen atoms in total. The van der Waals surface area contributed by atoms with Gasteiger partial charge in [-0.2, -0.15) is 4.98 Å². The first kappa shape index (κ1) is 14.3. The number of nitrogens with one attached hydrogen (secondary N) is 1. The van der Waals surface area contributed by atoms with Gasteiger partial charge < -0.3 is 9.64 Å². The van der Waals surface area contributed by atoms with Crippen molar-refractivity contribution in [2.45, 2.75) is 38.9 Å². The Balaban J connectivity index is 2.35. The van der Waals surface area contributed by atoms with E-state index < -0.39 is 0 Å². The van der Waals surface area contributed by atoms with Crippen LogP contribution in [0.2, 0.25) is 5.02 Å². The highest BCUT2D eigenvalue weighted by Crippen LogP contribution is 2.33. The van der Waals surface area contributed by atoms with Crippen LogP contribution >= 0.6 is 11.6 Å². The Morgan fingerprint density at radius 3 is 2.42 bits per heavy atom. The van der Waals surface area contributed by atoms with Crippen LogP contribution in [-0.2, 0) is 4.74 Å². The van der Waals surface area contributed by atoms with Crippen molar-refractivity contribution in [2.75, 3.05) is 23.4 Å². The first-order valence-electron chi connectivity index (χ1n) is 6.17. The number of rotatable bonds is 2. The molecule has 19 heavy (non-hydrogen) atoms.